The summed E-state index contributed by atoms with van der Waals surface area (Å²) in [6.07, 6.45) is 1.32. The maximum atomic E-state index is 12.3. The molecule has 0 aliphatic heterocycles. The highest BCUT2D eigenvalue weighted by atomic mass is 35.5. The van der Waals surface area contributed by atoms with E-state index in [0.717, 1.165) is 5.56 Å². The Morgan fingerprint density at radius 1 is 1.36 bits per heavy atom. The maximum Gasteiger partial charge on any atom is 0.325 e. The summed E-state index contributed by atoms with van der Waals surface area (Å²) in [7, 11) is 1.27. The first kappa shape index (κ1) is 15.9. The smallest absolute Gasteiger partial charge is 0.325 e. The zero-order chi connectivity index (χ0) is 15.9. The van der Waals surface area contributed by atoms with Crippen molar-refractivity contribution in [1.82, 2.24) is 25.1 Å². The van der Waals surface area contributed by atoms with E-state index in [1.165, 1.54) is 23.0 Å². The second kappa shape index (κ2) is 7.51. The number of hydrogen-bond acceptors (Lipinski definition) is 6. The summed E-state index contributed by atoms with van der Waals surface area (Å²) in [5.41, 5.74) is 0.734. The van der Waals surface area contributed by atoms with Crippen LogP contribution in [0.2, 0.25) is 5.02 Å². The molecule has 0 aliphatic carbocycles. The largest absolute Gasteiger partial charge is 0.468 e. The van der Waals surface area contributed by atoms with Crippen molar-refractivity contribution in [1.29, 1.82) is 0 Å². The zero-order valence-electron chi connectivity index (χ0n) is 11.8. The van der Waals surface area contributed by atoms with E-state index in [1.807, 2.05) is 6.07 Å². The van der Waals surface area contributed by atoms with Gasteiger partial charge in [0.1, 0.15) is 19.4 Å². The van der Waals surface area contributed by atoms with Gasteiger partial charge in [-0.25, -0.2) is 4.68 Å². The fourth-order valence-corrected chi connectivity index (χ4v) is 1.97. The fourth-order valence-electron chi connectivity index (χ4n) is 1.78. The van der Waals surface area contributed by atoms with E-state index in [9.17, 15) is 9.59 Å². The molecule has 0 radical (unpaired) electrons. The van der Waals surface area contributed by atoms with Crippen LogP contribution in [-0.4, -0.2) is 50.6 Å². The minimum absolute atomic E-state index is 0.0750. The van der Waals surface area contributed by atoms with E-state index in [4.69, 9.17) is 11.6 Å². The van der Waals surface area contributed by atoms with E-state index in [0.29, 0.717) is 5.02 Å². The number of amides is 1. The monoisotopic (exact) mass is 323 g/mol. The van der Waals surface area contributed by atoms with Crippen LogP contribution in [0.1, 0.15) is 5.56 Å². The number of benzene rings is 1. The third-order valence-electron chi connectivity index (χ3n) is 2.91. The molecule has 0 saturated heterocycles. The Labute approximate surface area is 131 Å². The third kappa shape index (κ3) is 4.26. The van der Waals surface area contributed by atoms with Gasteiger partial charge >= 0.3 is 5.97 Å². The number of rotatable bonds is 6. The van der Waals surface area contributed by atoms with Gasteiger partial charge < -0.3 is 9.64 Å². The second-order valence-corrected chi connectivity index (χ2v) is 4.83. The molecule has 9 heteroatoms. The summed E-state index contributed by atoms with van der Waals surface area (Å²) < 4.78 is 5.90. The van der Waals surface area contributed by atoms with Crippen LogP contribution in [0.4, 0.5) is 0 Å². The zero-order valence-corrected chi connectivity index (χ0v) is 12.6. The molecule has 2 aromatic rings. The molecule has 0 saturated carbocycles. The lowest BCUT2D eigenvalue weighted by Crippen LogP contribution is -2.38. The summed E-state index contributed by atoms with van der Waals surface area (Å²) >= 11 is 6.09. The fraction of sp³-hybridized carbons (Fsp3) is 0.308. The lowest BCUT2D eigenvalue weighted by atomic mass is 10.2. The van der Waals surface area contributed by atoms with Gasteiger partial charge in [-0.1, -0.05) is 29.8 Å². The van der Waals surface area contributed by atoms with Gasteiger partial charge in [0.15, 0.2) is 0 Å². The molecule has 1 amide bonds. The van der Waals surface area contributed by atoms with Crippen LogP contribution >= 0.6 is 11.6 Å². The SMILES string of the molecule is COC(=O)CN(Cc1ccccc1Cl)C(=O)Cn1cnnn1. The number of methoxy groups -OCH3 is 1. The Hall–Kier alpha value is -2.48. The average molecular weight is 324 g/mol. The van der Waals surface area contributed by atoms with Gasteiger partial charge in [-0.05, 0) is 22.1 Å². The summed E-state index contributed by atoms with van der Waals surface area (Å²) in [6, 6.07) is 7.11. The summed E-state index contributed by atoms with van der Waals surface area (Å²) in [5, 5.41) is 11.1. The van der Waals surface area contributed by atoms with Crippen LogP contribution in [0, 0.1) is 0 Å². The van der Waals surface area contributed by atoms with Crippen LogP contribution in [0.25, 0.3) is 0 Å². The minimum atomic E-state index is -0.517. The quantitative estimate of drug-likeness (QED) is 0.720. The number of halogens is 1. The van der Waals surface area contributed by atoms with Gasteiger partial charge in [0.05, 0.1) is 7.11 Å². The summed E-state index contributed by atoms with van der Waals surface area (Å²) in [5.74, 6) is -0.838. The van der Waals surface area contributed by atoms with Crippen molar-refractivity contribution in [3.63, 3.8) is 0 Å². The van der Waals surface area contributed by atoms with Crippen molar-refractivity contribution in [2.45, 2.75) is 13.1 Å². The molecular weight excluding hydrogens is 310 g/mol. The Kier molecular flexibility index (Phi) is 5.42. The third-order valence-corrected chi connectivity index (χ3v) is 3.28. The molecule has 22 heavy (non-hydrogen) atoms. The molecule has 116 valence electrons. The molecule has 1 aromatic heterocycles. The molecule has 0 aliphatic rings. The average Bonchev–Trinajstić information content (AvgIpc) is 3.01. The van der Waals surface area contributed by atoms with E-state index in [1.54, 1.807) is 18.2 Å². The molecule has 0 spiro atoms. The van der Waals surface area contributed by atoms with Crippen LogP contribution in [0.15, 0.2) is 30.6 Å². The number of tetrazole rings is 1. The van der Waals surface area contributed by atoms with E-state index < -0.39 is 5.97 Å². The Bertz CT molecular complexity index is 647. The predicted octanol–water partition coefficient (Wildman–Crippen LogP) is 0.528. The number of ether oxygens (including phenoxy) is 1. The van der Waals surface area contributed by atoms with Crippen molar-refractivity contribution in [3.05, 3.63) is 41.2 Å². The Balaban J connectivity index is 2.13. The van der Waals surface area contributed by atoms with Crippen LogP contribution in [0.3, 0.4) is 0 Å². The van der Waals surface area contributed by atoms with Gasteiger partial charge in [0, 0.05) is 11.6 Å². The first-order chi connectivity index (χ1) is 10.6. The highest BCUT2D eigenvalue weighted by Crippen LogP contribution is 2.17. The highest BCUT2D eigenvalue weighted by Gasteiger charge is 2.19. The molecule has 2 rings (SSSR count). The van der Waals surface area contributed by atoms with Crippen LogP contribution in [0.5, 0.6) is 0 Å². The molecule has 0 fully saturated rings. The second-order valence-electron chi connectivity index (χ2n) is 4.42. The number of carbonyl (C=O) groups excluding carboxylic acids is 2. The van der Waals surface area contributed by atoms with E-state index in [-0.39, 0.29) is 25.5 Å². The van der Waals surface area contributed by atoms with Gasteiger partial charge in [-0.2, -0.15) is 0 Å². The first-order valence-electron chi connectivity index (χ1n) is 6.39. The maximum absolute atomic E-state index is 12.3. The van der Waals surface area contributed by atoms with E-state index in [2.05, 4.69) is 20.3 Å². The van der Waals surface area contributed by atoms with Gasteiger partial charge in [-0.15, -0.1) is 5.10 Å². The van der Waals surface area contributed by atoms with E-state index >= 15 is 0 Å². The predicted molar refractivity (Wildman–Crippen MR) is 76.7 cm³/mol. The van der Waals surface area contributed by atoms with Crippen LogP contribution < -0.4 is 0 Å². The van der Waals surface area contributed by atoms with Crippen molar-refractivity contribution < 1.29 is 14.3 Å². The summed E-state index contributed by atoms with van der Waals surface area (Å²) in [4.78, 5) is 25.2. The highest BCUT2D eigenvalue weighted by molar-refractivity contribution is 6.31. The van der Waals surface area contributed by atoms with Crippen LogP contribution in [-0.2, 0) is 27.4 Å². The minimum Gasteiger partial charge on any atom is -0.468 e. The standard InChI is InChI=1S/C13H14ClN5O3/c1-22-13(21)8-18(6-10-4-2-3-5-11(10)14)12(20)7-19-9-15-16-17-19/h2-5,9H,6-8H2,1H3. The van der Waals surface area contributed by atoms with Crippen molar-refractivity contribution in [3.8, 4) is 0 Å². The van der Waals surface area contributed by atoms with Crippen molar-refractivity contribution >= 4 is 23.5 Å². The molecule has 1 heterocycles. The Morgan fingerprint density at radius 2 is 2.14 bits per heavy atom. The molecule has 1 aromatic carbocycles. The molecule has 0 atom stereocenters. The number of aromatic nitrogens is 4. The Morgan fingerprint density at radius 3 is 2.77 bits per heavy atom. The number of nitrogens with zero attached hydrogens (tertiary/aromatic N) is 5. The number of hydrogen-bond donors (Lipinski definition) is 0. The number of carbonyl (C=O) groups is 2. The van der Waals surface area contributed by atoms with Crippen molar-refractivity contribution in [2.75, 3.05) is 13.7 Å². The summed E-state index contributed by atoms with van der Waals surface area (Å²) in [6.45, 7) is -0.0626. The molecule has 0 bridgehead atoms. The topological polar surface area (TPSA) is 90.2 Å². The lowest BCUT2D eigenvalue weighted by Gasteiger charge is -2.22. The molecule has 8 nitrogen and oxygen atoms in total. The number of esters is 1. The van der Waals surface area contributed by atoms with Gasteiger partial charge in [0.25, 0.3) is 0 Å². The molecule has 0 unspecified atom stereocenters. The first-order valence-corrected chi connectivity index (χ1v) is 6.76. The van der Waals surface area contributed by atoms with Gasteiger partial charge in [0.2, 0.25) is 5.91 Å². The molecule has 0 N–H and O–H groups in total. The lowest BCUT2D eigenvalue weighted by molar-refractivity contribution is -0.147. The van der Waals surface area contributed by atoms with Crippen molar-refractivity contribution in [2.24, 2.45) is 0 Å². The molecular formula is C13H14ClN5O3. The van der Waals surface area contributed by atoms with Gasteiger partial charge in [-0.3, -0.25) is 9.59 Å². The normalized spacial score (nSPS) is 10.3.